The molecule has 2 aromatic carbocycles. The Morgan fingerprint density at radius 3 is 2.54 bits per heavy atom. The third-order valence-corrected chi connectivity index (χ3v) is 4.77. The van der Waals surface area contributed by atoms with E-state index in [4.69, 9.17) is 4.74 Å². The number of thiophene rings is 1. The van der Waals surface area contributed by atoms with E-state index < -0.39 is 5.97 Å². The first-order valence-corrected chi connectivity index (χ1v) is 9.23. The number of benzene rings is 2. The van der Waals surface area contributed by atoms with Gasteiger partial charge >= 0.3 is 5.97 Å². The van der Waals surface area contributed by atoms with Gasteiger partial charge in [0, 0.05) is 4.47 Å². The van der Waals surface area contributed by atoms with Crippen LogP contribution in [0.2, 0.25) is 0 Å². The Bertz CT molecular complexity index is 963. The van der Waals surface area contributed by atoms with Crippen LogP contribution in [-0.2, 0) is 0 Å². The molecule has 0 N–H and O–H groups in total. The third kappa shape index (κ3) is 4.53. The van der Waals surface area contributed by atoms with Gasteiger partial charge in [-0.1, -0.05) is 40.2 Å². The first-order chi connectivity index (χ1) is 12.5. The van der Waals surface area contributed by atoms with Crippen molar-refractivity contribution in [2.24, 2.45) is 0 Å². The van der Waals surface area contributed by atoms with Gasteiger partial charge in [0.25, 0.3) is 0 Å². The lowest BCUT2D eigenvalue weighted by Crippen LogP contribution is -2.09. The molecule has 0 saturated carbocycles. The molecule has 26 heavy (non-hydrogen) atoms. The van der Waals surface area contributed by atoms with Crippen molar-refractivity contribution < 1.29 is 18.7 Å². The molecule has 0 spiro atoms. The van der Waals surface area contributed by atoms with E-state index in [1.807, 2.05) is 0 Å². The summed E-state index contributed by atoms with van der Waals surface area (Å²) in [5.74, 6) is -1.01. The van der Waals surface area contributed by atoms with Crippen LogP contribution in [0.1, 0.15) is 25.6 Å². The van der Waals surface area contributed by atoms with Crippen LogP contribution in [0, 0.1) is 5.82 Å². The number of hydrogen-bond acceptors (Lipinski definition) is 4. The monoisotopic (exact) mass is 430 g/mol. The number of halogens is 2. The van der Waals surface area contributed by atoms with E-state index in [2.05, 4.69) is 15.9 Å². The number of rotatable bonds is 5. The summed E-state index contributed by atoms with van der Waals surface area (Å²) in [5.41, 5.74) is 0.939. The van der Waals surface area contributed by atoms with Gasteiger partial charge in [0.2, 0.25) is 0 Å². The molecule has 0 unspecified atom stereocenters. The first-order valence-electron chi connectivity index (χ1n) is 7.56. The highest BCUT2D eigenvalue weighted by molar-refractivity contribution is 9.10. The second kappa shape index (κ2) is 8.21. The molecule has 3 aromatic rings. The van der Waals surface area contributed by atoms with Crippen LogP contribution < -0.4 is 4.74 Å². The fraction of sp³-hybridized carbons (Fsp3) is 0. The Hall–Kier alpha value is -2.57. The molecule has 0 aliphatic carbocycles. The molecular weight excluding hydrogens is 419 g/mol. The summed E-state index contributed by atoms with van der Waals surface area (Å²) in [4.78, 5) is 25.2. The molecule has 0 bridgehead atoms. The number of hydrogen-bond donors (Lipinski definition) is 0. The van der Waals surface area contributed by atoms with Gasteiger partial charge in [-0.05, 0) is 53.4 Å². The van der Waals surface area contributed by atoms with Crippen molar-refractivity contribution in [3.63, 3.8) is 0 Å². The maximum Gasteiger partial charge on any atom is 0.353 e. The lowest BCUT2D eigenvalue weighted by molar-refractivity contribution is 0.0738. The van der Waals surface area contributed by atoms with Crippen LogP contribution in [0.15, 0.2) is 70.5 Å². The molecule has 1 heterocycles. The van der Waals surface area contributed by atoms with Gasteiger partial charge in [-0.3, -0.25) is 4.79 Å². The molecule has 0 saturated heterocycles. The van der Waals surface area contributed by atoms with Gasteiger partial charge in [0.1, 0.15) is 16.4 Å². The zero-order valence-corrected chi connectivity index (χ0v) is 15.7. The summed E-state index contributed by atoms with van der Waals surface area (Å²) < 4.78 is 19.0. The molecule has 3 nitrogen and oxygen atoms in total. The Morgan fingerprint density at radius 2 is 1.85 bits per heavy atom. The number of esters is 1. The van der Waals surface area contributed by atoms with Crippen molar-refractivity contribution in [3.05, 3.63) is 92.3 Å². The Kier molecular flexibility index (Phi) is 5.75. The van der Waals surface area contributed by atoms with Crippen molar-refractivity contribution in [2.75, 3.05) is 0 Å². The number of carbonyl (C=O) groups is 2. The highest BCUT2D eigenvalue weighted by atomic mass is 79.9. The molecule has 0 aliphatic rings. The molecule has 0 amide bonds. The minimum absolute atomic E-state index is 0.181. The Labute approximate surface area is 161 Å². The molecule has 0 atom stereocenters. The van der Waals surface area contributed by atoms with Gasteiger partial charge in [0.15, 0.2) is 5.78 Å². The minimum Gasteiger partial charge on any atom is -0.422 e. The van der Waals surface area contributed by atoms with E-state index in [0.29, 0.717) is 14.9 Å². The van der Waals surface area contributed by atoms with E-state index in [0.717, 1.165) is 0 Å². The van der Waals surface area contributed by atoms with Gasteiger partial charge in [-0.2, -0.15) is 0 Å². The smallest absolute Gasteiger partial charge is 0.353 e. The lowest BCUT2D eigenvalue weighted by atomic mass is 10.1. The maximum atomic E-state index is 12.9. The minimum atomic E-state index is -0.515. The average Bonchev–Trinajstić information content (AvgIpc) is 3.17. The fourth-order valence-corrected chi connectivity index (χ4v) is 3.12. The van der Waals surface area contributed by atoms with Gasteiger partial charge < -0.3 is 4.74 Å². The molecule has 130 valence electrons. The largest absolute Gasteiger partial charge is 0.422 e. The zero-order chi connectivity index (χ0) is 18.5. The van der Waals surface area contributed by atoms with E-state index in [-0.39, 0.29) is 22.9 Å². The average molecular weight is 431 g/mol. The van der Waals surface area contributed by atoms with Gasteiger partial charge in [-0.15, -0.1) is 11.3 Å². The highest BCUT2D eigenvalue weighted by Crippen LogP contribution is 2.26. The molecule has 1 aromatic heterocycles. The number of carbonyl (C=O) groups excluding carboxylic acids is 2. The van der Waals surface area contributed by atoms with Crippen molar-refractivity contribution in [1.29, 1.82) is 0 Å². The topological polar surface area (TPSA) is 43.4 Å². The maximum absolute atomic E-state index is 12.9. The predicted octanol–water partition coefficient (Wildman–Crippen LogP) is 5.77. The van der Waals surface area contributed by atoms with E-state index in [9.17, 15) is 14.0 Å². The molecule has 0 fully saturated rings. The van der Waals surface area contributed by atoms with Crippen LogP contribution in [0.3, 0.4) is 0 Å². The number of allylic oxidation sites excluding steroid dienone is 1. The Morgan fingerprint density at radius 1 is 1.08 bits per heavy atom. The van der Waals surface area contributed by atoms with Gasteiger partial charge in [-0.25, -0.2) is 9.18 Å². The van der Waals surface area contributed by atoms with Crippen molar-refractivity contribution >= 4 is 45.1 Å². The third-order valence-electron chi connectivity index (χ3n) is 3.43. The van der Waals surface area contributed by atoms with Crippen LogP contribution in [0.5, 0.6) is 5.75 Å². The standard InChI is InChI=1S/C20H12BrFO3S/c21-14-6-10-18(25-20(24)19-2-1-11-26-19)16(12-14)17(23)9-5-13-3-7-15(22)8-4-13/h1-12H/b9-5+. The molecule has 0 aliphatic heterocycles. The highest BCUT2D eigenvalue weighted by Gasteiger charge is 2.16. The normalized spacial score (nSPS) is 10.8. The molecule has 6 heteroatoms. The number of ether oxygens (including phenoxy) is 1. The second-order valence-electron chi connectivity index (χ2n) is 5.26. The predicted molar refractivity (Wildman–Crippen MR) is 103 cm³/mol. The fourth-order valence-electron chi connectivity index (χ4n) is 2.16. The summed E-state index contributed by atoms with van der Waals surface area (Å²) in [7, 11) is 0. The quantitative estimate of drug-likeness (QED) is 0.223. The van der Waals surface area contributed by atoms with Crippen LogP contribution >= 0.6 is 27.3 Å². The zero-order valence-electron chi connectivity index (χ0n) is 13.3. The number of ketones is 1. The van der Waals surface area contributed by atoms with Crippen LogP contribution in [-0.4, -0.2) is 11.8 Å². The second-order valence-corrected chi connectivity index (χ2v) is 7.12. The van der Waals surface area contributed by atoms with E-state index in [1.54, 1.807) is 53.9 Å². The van der Waals surface area contributed by atoms with Crippen molar-refractivity contribution in [3.8, 4) is 5.75 Å². The summed E-state index contributed by atoms with van der Waals surface area (Å²) in [5, 5.41) is 1.77. The van der Waals surface area contributed by atoms with Crippen LogP contribution in [0.4, 0.5) is 4.39 Å². The molecular formula is C20H12BrFO3S. The van der Waals surface area contributed by atoms with E-state index >= 15 is 0 Å². The van der Waals surface area contributed by atoms with Crippen LogP contribution in [0.25, 0.3) is 6.08 Å². The summed E-state index contributed by atoms with van der Waals surface area (Å²) in [6.07, 6.45) is 2.94. The van der Waals surface area contributed by atoms with Crippen molar-refractivity contribution in [2.45, 2.75) is 0 Å². The SMILES string of the molecule is O=C(Oc1ccc(Br)cc1C(=O)/C=C/c1ccc(F)cc1)c1cccs1. The summed E-state index contributed by atoms with van der Waals surface area (Å²) in [6, 6.07) is 14.0. The lowest BCUT2D eigenvalue weighted by Gasteiger charge is -2.08. The summed E-state index contributed by atoms with van der Waals surface area (Å²) >= 11 is 4.58. The van der Waals surface area contributed by atoms with E-state index in [1.165, 1.54) is 29.5 Å². The first kappa shape index (κ1) is 18.2. The molecule has 0 radical (unpaired) electrons. The molecule has 3 rings (SSSR count). The van der Waals surface area contributed by atoms with Crippen molar-refractivity contribution in [1.82, 2.24) is 0 Å². The van der Waals surface area contributed by atoms with Gasteiger partial charge in [0.05, 0.1) is 5.56 Å². The summed E-state index contributed by atoms with van der Waals surface area (Å²) in [6.45, 7) is 0. The Balaban J connectivity index is 1.83.